The monoisotopic (exact) mass is 335 g/mol. The molecule has 24 heavy (non-hydrogen) atoms. The Bertz CT molecular complexity index is 787. The minimum absolute atomic E-state index is 0.142. The number of fused-ring (bicyclic) bond motifs is 1. The Morgan fingerprint density at radius 1 is 1.29 bits per heavy atom. The Morgan fingerprint density at radius 3 is 2.62 bits per heavy atom. The Hall–Kier alpha value is -2.90. The molecule has 0 aliphatic rings. The quantitative estimate of drug-likeness (QED) is 0.629. The summed E-state index contributed by atoms with van der Waals surface area (Å²) in [6.45, 7) is 2.60. The van der Waals surface area contributed by atoms with Crippen LogP contribution in [0.4, 0.5) is 4.39 Å². The number of carboxylic acids is 1. The van der Waals surface area contributed by atoms with Gasteiger partial charge in [0.15, 0.2) is 0 Å². The van der Waals surface area contributed by atoms with Crippen molar-refractivity contribution in [3.05, 3.63) is 35.8 Å². The number of amides is 2. The normalized spacial score (nSPS) is 13.3. The fourth-order valence-corrected chi connectivity index (χ4v) is 2.38. The number of carbonyl (C=O) groups excluding carboxylic acids is 2. The van der Waals surface area contributed by atoms with Crippen LogP contribution in [0.5, 0.6) is 0 Å². The topological polar surface area (TPSA) is 111 Å². The first-order chi connectivity index (χ1) is 11.3. The molecule has 0 aliphatic heterocycles. The van der Waals surface area contributed by atoms with Crippen LogP contribution in [0.2, 0.25) is 0 Å². The van der Waals surface area contributed by atoms with E-state index in [1.807, 2.05) is 0 Å². The number of benzene rings is 1. The predicted molar refractivity (Wildman–Crippen MR) is 84.8 cm³/mol. The van der Waals surface area contributed by atoms with Crippen molar-refractivity contribution < 1.29 is 23.9 Å². The smallest absolute Gasteiger partial charge is 0.325 e. The highest BCUT2D eigenvalue weighted by Crippen LogP contribution is 2.20. The van der Waals surface area contributed by atoms with Gasteiger partial charge in [0.25, 0.3) is 0 Å². The average molecular weight is 335 g/mol. The van der Waals surface area contributed by atoms with Crippen LogP contribution in [0.1, 0.15) is 19.4 Å². The summed E-state index contributed by atoms with van der Waals surface area (Å²) in [7, 11) is 0. The molecule has 1 unspecified atom stereocenters. The molecule has 1 heterocycles. The lowest BCUT2D eigenvalue weighted by Gasteiger charge is -2.19. The number of aromatic nitrogens is 1. The zero-order chi connectivity index (χ0) is 17.9. The Kier molecular flexibility index (Phi) is 5.18. The fourth-order valence-electron chi connectivity index (χ4n) is 2.38. The van der Waals surface area contributed by atoms with E-state index in [9.17, 15) is 18.8 Å². The lowest BCUT2D eigenvalue weighted by atomic mass is 10.0. The number of carbonyl (C=O) groups is 3. The molecule has 0 radical (unpaired) electrons. The van der Waals surface area contributed by atoms with E-state index in [2.05, 4.69) is 15.6 Å². The summed E-state index contributed by atoms with van der Waals surface area (Å²) in [5, 5.41) is 14.4. The van der Waals surface area contributed by atoms with E-state index < -0.39 is 29.9 Å². The highest BCUT2D eigenvalue weighted by atomic mass is 19.1. The number of aliphatic carboxylic acids is 1. The second-order valence-electron chi connectivity index (χ2n) is 5.53. The van der Waals surface area contributed by atoms with Crippen LogP contribution >= 0.6 is 0 Å². The number of halogens is 1. The predicted octanol–water partition coefficient (Wildman–Crippen LogP) is 0.943. The molecule has 4 N–H and O–H groups in total. The van der Waals surface area contributed by atoms with Gasteiger partial charge in [-0.15, -0.1) is 0 Å². The first-order valence-electron chi connectivity index (χ1n) is 7.33. The molecule has 0 saturated heterocycles. The van der Waals surface area contributed by atoms with Crippen molar-refractivity contribution in [2.45, 2.75) is 32.4 Å². The van der Waals surface area contributed by atoms with Gasteiger partial charge in [0.05, 0.1) is 0 Å². The molecular formula is C16H18FN3O4. The van der Waals surface area contributed by atoms with Crippen LogP contribution in [0, 0.1) is 5.82 Å². The van der Waals surface area contributed by atoms with Crippen LogP contribution in [-0.4, -0.2) is 40.0 Å². The summed E-state index contributed by atoms with van der Waals surface area (Å²) in [4.78, 5) is 37.4. The van der Waals surface area contributed by atoms with E-state index in [1.165, 1.54) is 26.0 Å². The maximum atomic E-state index is 13.2. The molecule has 0 aliphatic carbocycles. The Labute approximate surface area is 137 Å². The van der Waals surface area contributed by atoms with Gasteiger partial charge in [-0.1, -0.05) is 0 Å². The molecule has 0 bridgehead atoms. The summed E-state index contributed by atoms with van der Waals surface area (Å²) in [5.74, 6) is -2.57. The number of carboxylic acid groups (broad SMARTS) is 1. The van der Waals surface area contributed by atoms with Crippen LogP contribution < -0.4 is 10.6 Å². The minimum Gasteiger partial charge on any atom is -0.480 e. The van der Waals surface area contributed by atoms with Gasteiger partial charge < -0.3 is 20.7 Å². The van der Waals surface area contributed by atoms with Gasteiger partial charge in [-0.3, -0.25) is 14.4 Å². The zero-order valence-electron chi connectivity index (χ0n) is 13.2. The largest absolute Gasteiger partial charge is 0.480 e. The Balaban J connectivity index is 2.22. The third-order valence-electron chi connectivity index (χ3n) is 3.58. The van der Waals surface area contributed by atoms with Crippen LogP contribution in [0.25, 0.3) is 10.9 Å². The maximum absolute atomic E-state index is 13.2. The molecule has 0 saturated carbocycles. The second kappa shape index (κ2) is 7.12. The molecule has 2 rings (SSSR count). The molecule has 1 aromatic carbocycles. The van der Waals surface area contributed by atoms with Crippen molar-refractivity contribution in [3.8, 4) is 0 Å². The molecule has 2 amide bonds. The summed E-state index contributed by atoms with van der Waals surface area (Å²) in [6.07, 6.45) is 1.77. The highest BCUT2D eigenvalue weighted by Gasteiger charge is 2.24. The van der Waals surface area contributed by atoms with Crippen LogP contribution in [0.3, 0.4) is 0 Å². The first-order valence-corrected chi connectivity index (χ1v) is 7.33. The summed E-state index contributed by atoms with van der Waals surface area (Å²) >= 11 is 0. The lowest BCUT2D eigenvalue weighted by Crippen LogP contribution is -2.51. The lowest BCUT2D eigenvalue weighted by molar-refractivity contribution is -0.141. The molecule has 7 nitrogen and oxygen atoms in total. The van der Waals surface area contributed by atoms with Crippen LogP contribution in [0.15, 0.2) is 24.4 Å². The van der Waals surface area contributed by atoms with E-state index >= 15 is 0 Å². The Morgan fingerprint density at radius 2 is 2.00 bits per heavy atom. The first kappa shape index (κ1) is 17.5. The van der Waals surface area contributed by atoms with Crippen molar-refractivity contribution in [2.75, 3.05) is 0 Å². The summed E-state index contributed by atoms with van der Waals surface area (Å²) < 4.78 is 13.2. The van der Waals surface area contributed by atoms with Crippen molar-refractivity contribution >= 4 is 28.7 Å². The molecule has 2 atom stereocenters. The molecular weight excluding hydrogens is 317 g/mol. The van der Waals surface area contributed by atoms with E-state index in [0.29, 0.717) is 11.1 Å². The van der Waals surface area contributed by atoms with E-state index in [-0.39, 0.29) is 12.2 Å². The number of H-pyrrole nitrogens is 1. The molecule has 1 aromatic heterocycles. The van der Waals surface area contributed by atoms with Crippen molar-refractivity contribution in [1.29, 1.82) is 0 Å². The van der Waals surface area contributed by atoms with Crippen LogP contribution in [-0.2, 0) is 20.8 Å². The summed E-state index contributed by atoms with van der Waals surface area (Å²) in [5.41, 5.74) is 1.28. The third kappa shape index (κ3) is 4.09. The van der Waals surface area contributed by atoms with Crippen molar-refractivity contribution in [3.63, 3.8) is 0 Å². The van der Waals surface area contributed by atoms with Crippen molar-refractivity contribution in [1.82, 2.24) is 15.6 Å². The van der Waals surface area contributed by atoms with Gasteiger partial charge in [-0.25, -0.2) is 4.39 Å². The molecule has 8 heteroatoms. The highest BCUT2D eigenvalue weighted by molar-refractivity contribution is 5.91. The van der Waals surface area contributed by atoms with E-state index in [0.717, 1.165) is 5.39 Å². The number of nitrogens with one attached hydrogen (secondary N) is 3. The van der Waals surface area contributed by atoms with Gasteiger partial charge in [-0.05, 0) is 30.7 Å². The third-order valence-corrected chi connectivity index (χ3v) is 3.58. The summed E-state index contributed by atoms with van der Waals surface area (Å²) in [6, 6.07) is 2.21. The molecule has 0 spiro atoms. The number of rotatable bonds is 6. The number of hydrogen-bond acceptors (Lipinski definition) is 3. The minimum atomic E-state index is -1.17. The van der Waals surface area contributed by atoms with Crippen molar-refractivity contribution in [2.24, 2.45) is 0 Å². The van der Waals surface area contributed by atoms with E-state index in [1.54, 1.807) is 12.3 Å². The van der Waals surface area contributed by atoms with Gasteiger partial charge in [0.2, 0.25) is 11.8 Å². The molecule has 128 valence electrons. The van der Waals surface area contributed by atoms with Gasteiger partial charge >= 0.3 is 5.97 Å². The number of aromatic amines is 1. The second-order valence-corrected chi connectivity index (χ2v) is 5.53. The van der Waals surface area contributed by atoms with Gasteiger partial charge in [0, 0.05) is 30.4 Å². The zero-order valence-corrected chi connectivity index (χ0v) is 13.2. The fraction of sp³-hybridized carbons (Fsp3) is 0.312. The van der Waals surface area contributed by atoms with Gasteiger partial charge in [-0.2, -0.15) is 0 Å². The van der Waals surface area contributed by atoms with E-state index in [4.69, 9.17) is 5.11 Å². The average Bonchev–Trinajstić information content (AvgIpc) is 2.87. The molecule has 0 fully saturated rings. The number of hydrogen-bond donors (Lipinski definition) is 4. The van der Waals surface area contributed by atoms with Gasteiger partial charge in [0.1, 0.15) is 17.9 Å². The SMILES string of the molecule is CC(=O)NC(Cc1c[nH]c2cc(F)ccc12)C(=O)N[C@H](C)C(=O)O. The standard InChI is InChI=1S/C16H18FN3O4/c1-8(16(23)24)19-15(22)14(20-9(2)21)5-10-7-18-13-6-11(17)3-4-12(10)13/h3-4,6-8,14,18H,5H2,1-2H3,(H,19,22)(H,20,21)(H,23,24)/t8-,14?/m1/s1. The molecule has 2 aromatic rings. The maximum Gasteiger partial charge on any atom is 0.325 e.